The van der Waals surface area contributed by atoms with Gasteiger partial charge in [0.1, 0.15) is 0 Å². The Bertz CT molecular complexity index is 674. The first-order valence-corrected chi connectivity index (χ1v) is 13.3. The molecule has 1 nitrogen and oxygen atoms in total. The van der Waals surface area contributed by atoms with Crippen LogP contribution in [-0.4, -0.2) is 11.2 Å². The Labute approximate surface area is 186 Å². The average Bonchev–Trinajstić information content (AvgIpc) is 3.06. The van der Waals surface area contributed by atoms with Crippen molar-refractivity contribution in [3.63, 3.8) is 0 Å². The number of fused-ring (bicyclic) bond motifs is 5. The standard InChI is InChI=1S/C29H48O/c1-7-21(19(2)3)9-8-20(4)25-12-13-26-24-11-10-22-18-23(30)14-16-28(22,5)27(24)15-17-29(25,26)6/h8-9,11,19-23,25-27,30H,7,10,12-18H2,1-6H3/b9-8-/t20-,21-,22+,23+,25-,26+,27+,28+,29-/m1/s1. The molecule has 3 fully saturated rings. The lowest BCUT2D eigenvalue weighted by atomic mass is 9.47. The van der Waals surface area contributed by atoms with Gasteiger partial charge in [0.2, 0.25) is 0 Å². The molecule has 1 heteroatoms. The smallest absolute Gasteiger partial charge is 0.0543 e. The van der Waals surface area contributed by atoms with Crippen molar-refractivity contribution in [2.45, 2.75) is 105 Å². The van der Waals surface area contributed by atoms with Gasteiger partial charge in [-0.3, -0.25) is 0 Å². The van der Waals surface area contributed by atoms with Crippen LogP contribution in [0.1, 0.15) is 99.3 Å². The van der Waals surface area contributed by atoms with E-state index < -0.39 is 0 Å². The molecule has 0 unspecified atom stereocenters. The van der Waals surface area contributed by atoms with Crippen molar-refractivity contribution < 1.29 is 5.11 Å². The van der Waals surface area contributed by atoms with Crippen LogP contribution in [0.2, 0.25) is 0 Å². The zero-order chi connectivity index (χ0) is 21.7. The molecular weight excluding hydrogens is 364 g/mol. The molecule has 0 radical (unpaired) electrons. The van der Waals surface area contributed by atoms with Gasteiger partial charge in [-0.1, -0.05) is 65.3 Å². The summed E-state index contributed by atoms with van der Waals surface area (Å²) in [6.45, 7) is 14.8. The first-order valence-electron chi connectivity index (χ1n) is 13.3. The maximum absolute atomic E-state index is 10.3. The molecule has 0 aliphatic heterocycles. The molecule has 4 aliphatic rings. The molecule has 9 atom stereocenters. The fraction of sp³-hybridized carbons (Fsp3) is 0.862. The number of aliphatic hydroxyl groups excluding tert-OH is 1. The summed E-state index contributed by atoms with van der Waals surface area (Å²) in [5, 5.41) is 10.3. The molecule has 0 aromatic carbocycles. The molecule has 0 heterocycles. The van der Waals surface area contributed by atoms with E-state index in [1.54, 1.807) is 0 Å². The van der Waals surface area contributed by atoms with Gasteiger partial charge in [0.25, 0.3) is 0 Å². The molecule has 0 spiro atoms. The first-order chi connectivity index (χ1) is 14.2. The lowest BCUT2D eigenvalue weighted by Gasteiger charge is -2.57. The second kappa shape index (κ2) is 8.42. The molecule has 0 saturated heterocycles. The molecule has 0 bridgehead atoms. The molecule has 0 aromatic heterocycles. The Morgan fingerprint density at radius 1 is 1.00 bits per heavy atom. The second-order valence-corrected chi connectivity index (χ2v) is 12.5. The van der Waals surface area contributed by atoms with E-state index in [0.29, 0.717) is 22.7 Å². The van der Waals surface area contributed by atoms with Crippen LogP contribution < -0.4 is 0 Å². The number of hydrogen-bond acceptors (Lipinski definition) is 1. The molecule has 30 heavy (non-hydrogen) atoms. The molecule has 170 valence electrons. The van der Waals surface area contributed by atoms with Gasteiger partial charge >= 0.3 is 0 Å². The third kappa shape index (κ3) is 3.66. The van der Waals surface area contributed by atoms with Gasteiger partial charge in [0, 0.05) is 0 Å². The lowest BCUT2D eigenvalue weighted by molar-refractivity contribution is -0.0414. The molecular formula is C29H48O. The molecule has 4 aliphatic carbocycles. The highest BCUT2D eigenvalue weighted by Gasteiger charge is 2.57. The summed E-state index contributed by atoms with van der Waals surface area (Å²) in [4.78, 5) is 0. The van der Waals surface area contributed by atoms with Gasteiger partial charge < -0.3 is 5.11 Å². The molecule has 3 saturated carbocycles. The van der Waals surface area contributed by atoms with Gasteiger partial charge in [-0.15, -0.1) is 0 Å². The monoisotopic (exact) mass is 412 g/mol. The van der Waals surface area contributed by atoms with E-state index in [1.165, 1.54) is 44.9 Å². The van der Waals surface area contributed by atoms with Gasteiger partial charge in [0.05, 0.1) is 6.10 Å². The summed E-state index contributed by atoms with van der Waals surface area (Å²) in [6.07, 6.45) is 19.2. The number of hydrogen-bond donors (Lipinski definition) is 1. The highest BCUT2D eigenvalue weighted by Crippen LogP contribution is 2.66. The summed E-state index contributed by atoms with van der Waals surface area (Å²) in [7, 11) is 0. The maximum Gasteiger partial charge on any atom is 0.0543 e. The predicted molar refractivity (Wildman–Crippen MR) is 128 cm³/mol. The van der Waals surface area contributed by atoms with Crippen LogP contribution in [0.3, 0.4) is 0 Å². The van der Waals surface area contributed by atoms with E-state index in [1.807, 2.05) is 5.57 Å². The minimum atomic E-state index is -0.0480. The second-order valence-electron chi connectivity index (χ2n) is 12.5. The van der Waals surface area contributed by atoms with E-state index in [4.69, 9.17) is 0 Å². The Balaban J connectivity index is 1.53. The van der Waals surface area contributed by atoms with Crippen LogP contribution in [0, 0.1) is 52.3 Å². The first kappa shape index (κ1) is 22.6. The average molecular weight is 413 g/mol. The third-order valence-electron chi connectivity index (χ3n) is 10.7. The quantitative estimate of drug-likeness (QED) is 0.457. The molecule has 1 N–H and O–H groups in total. The van der Waals surface area contributed by atoms with Crippen molar-refractivity contribution in [1.82, 2.24) is 0 Å². The van der Waals surface area contributed by atoms with Crippen molar-refractivity contribution in [2.75, 3.05) is 0 Å². The molecule has 4 rings (SSSR count). The summed E-state index contributed by atoms with van der Waals surface area (Å²) < 4.78 is 0. The van der Waals surface area contributed by atoms with Crippen molar-refractivity contribution in [3.8, 4) is 0 Å². The molecule has 0 aromatic rings. The zero-order valence-electron chi connectivity index (χ0n) is 20.7. The minimum Gasteiger partial charge on any atom is -0.393 e. The Hall–Kier alpha value is -0.560. The largest absolute Gasteiger partial charge is 0.393 e. The summed E-state index contributed by atoms with van der Waals surface area (Å²) >= 11 is 0. The fourth-order valence-corrected chi connectivity index (χ4v) is 8.68. The Morgan fingerprint density at radius 3 is 2.40 bits per heavy atom. The Morgan fingerprint density at radius 2 is 1.70 bits per heavy atom. The topological polar surface area (TPSA) is 20.2 Å². The van der Waals surface area contributed by atoms with Crippen LogP contribution in [0.25, 0.3) is 0 Å². The van der Waals surface area contributed by atoms with E-state index in [-0.39, 0.29) is 6.10 Å². The van der Waals surface area contributed by atoms with E-state index in [2.05, 4.69) is 59.8 Å². The van der Waals surface area contributed by atoms with Crippen LogP contribution in [0.5, 0.6) is 0 Å². The summed E-state index contributed by atoms with van der Waals surface area (Å²) in [5.41, 5.74) is 2.79. The van der Waals surface area contributed by atoms with Crippen molar-refractivity contribution >= 4 is 0 Å². The third-order valence-corrected chi connectivity index (χ3v) is 10.7. The highest BCUT2D eigenvalue weighted by molar-refractivity contribution is 5.28. The Kier molecular flexibility index (Phi) is 6.35. The SMILES string of the molecule is CC[C@H](/C=C\[C@@H](C)[C@H]1CC[C@H]2C3=CC[C@H]4C[C@@H](O)CC[C@]4(C)[C@H]3CC[C@]12C)C(C)C. The fourth-order valence-electron chi connectivity index (χ4n) is 8.68. The van der Waals surface area contributed by atoms with Gasteiger partial charge in [-0.05, 0) is 110 Å². The van der Waals surface area contributed by atoms with Crippen LogP contribution >= 0.6 is 0 Å². The highest BCUT2D eigenvalue weighted by atomic mass is 16.3. The molecule has 0 amide bonds. The number of aliphatic hydroxyl groups is 1. The van der Waals surface area contributed by atoms with E-state index in [9.17, 15) is 5.11 Å². The van der Waals surface area contributed by atoms with Crippen molar-refractivity contribution in [1.29, 1.82) is 0 Å². The minimum absolute atomic E-state index is 0.0480. The van der Waals surface area contributed by atoms with Gasteiger partial charge in [-0.25, -0.2) is 0 Å². The van der Waals surface area contributed by atoms with Crippen LogP contribution in [0.4, 0.5) is 0 Å². The van der Waals surface area contributed by atoms with Gasteiger partial charge in [-0.2, -0.15) is 0 Å². The summed E-state index contributed by atoms with van der Waals surface area (Å²) in [6, 6.07) is 0. The van der Waals surface area contributed by atoms with E-state index >= 15 is 0 Å². The van der Waals surface area contributed by atoms with Gasteiger partial charge in [0.15, 0.2) is 0 Å². The van der Waals surface area contributed by atoms with Crippen LogP contribution in [-0.2, 0) is 0 Å². The predicted octanol–water partition coefficient (Wildman–Crippen LogP) is 7.80. The summed E-state index contributed by atoms with van der Waals surface area (Å²) in [5.74, 6) is 5.32. The van der Waals surface area contributed by atoms with Crippen LogP contribution in [0.15, 0.2) is 23.8 Å². The number of rotatable bonds is 5. The zero-order valence-corrected chi connectivity index (χ0v) is 20.7. The van der Waals surface area contributed by atoms with Crippen molar-refractivity contribution in [3.05, 3.63) is 23.8 Å². The van der Waals surface area contributed by atoms with Crippen molar-refractivity contribution in [2.24, 2.45) is 52.3 Å². The van der Waals surface area contributed by atoms with E-state index in [0.717, 1.165) is 42.4 Å². The lowest BCUT2D eigenvalue weighted by Crippen LogP contribution is -2.49. The number of allylic oxidation sites excluding steroid dienone is 4. The normalized spacial score (nSPS) is 45.6. The maximum atomic E-state index is 10.3.